The lowest BCUT2D eigenvalue weighted by Gasteiger charge is -2.51. The maximum absolute atomic E-state index is 12.4. The van der Waals surface area contributed by atoms with Crippen LogP contribution in [0, 0.1) is 0 Å². The minimum Gasteiger partial charge on any atom is -0.600 e. The van der Waals surface area contributed by atoms with Gasteiger partial charge in [-0.2, -0.15) is 0 Å². The molecule has 1 unspecified atom stereocenters. The molecule has 7 heteroatoms. The number of hydrogen-bond donors (Lipinski definition) is 0. The molecule has 2 saturated heterocycles. The van der Waals surface area contributed by atoms with E-state index in [1.807, 2.05) is 32.0 Å². The fourth-order valence-corrected chi connectivity index (χ4v) is 5.48. The van der Waals surface area contributed by atoms with E-state index in [0.717, 1.165) is 31.2 Å². The first-order chi connectivity index (χ1) is 13.0. The van der Waals surface area contributed by atoms with Crippen LogP contribution in [0.25, 0.3) is 0 Å². The van der Waals surface area contributed by atoms with Gasteiger partial charge in [-0.1, -0.05) is 50.6 Å². The van der Waals surface area contributed by atoms with Gasteiger partial charge in [0.25, 0.3) is 0 Å². The summed E-state index contributed by atoms with van der Waals surface area (Å²) in [5, 5.41) is 0. The van der Waals surface area contributed by atoms with Crippen LogP contribution >= 0.6 is 0 Å². The molecule has 0 radical (unpaired) electrons. The minimum atomic E-state index is -2.02. The van der Waals surface area contributed by atoms with Gasteiger partial charge in [-0.05, 0) is 30.6 Å². The van der Waals surface area contributed by atoms with Gasteiger partial charge in [-0.25, -0.2) is 0 Å². The Morgan fingerprint density at radius 3 is 2.44 bits per heavy atom. The van der Waals surface area contributed by atoms with Crippen LogP contribution in [0.5, 0.6) is 0 Å². The summed E-state index contributed by atoms with van der Waals surface area (Å²) in [5.74, 6) is -0.508. The molecule has 3 fully saturated rings. The molecule has 0 amide bonds. The topological polar surface area (TPSA) is 61.8 Å². The van der Waals surface area contributed by atoms with Gasteiger partial charge in [0.2, 0.25) is 0 Å². The van der Waals surface area contributed by atoms with Crippen LogP contribution in [0.15, 0.2) is 30.3 Å². The number of nitrogens with zero attached hydrogens (tertiary/aromatic N) is 1. The largest absolute Gasteiger partial charge is 0.600 e. The maximum atomic E-state index is 12.4. The highest BCUT2D eigenvalue weighted by atomic mass is 16.7. The van der Waals surface area contributed by atoms with Crippen molar-refractivity contribution in [3.63, 3.8) is 0 Å². The molecule has 146 valence electrons. The Morgan fingerprint density at radius 2 is 1.81 bits per heavy atom. The molecule has 1 saturated carbocycles. The number of benzene rings is 1. The third-order valence-corrected chi connectivity index (χ3v) is 6.91. The van der Waals surface area contributed by atoms with Crippen molar-refractivity contribution in [3.05, 3.63) is 35.9 Å². The first kappa shape index (κ1) is 18.5. The monoisotopic (exact) mass is 373 g/mol. The van der Waals surface area contributed by atoms with Crippen molar-refractivity contribution < 1.29 is 28.0 Å². The summed E-state index contributed by atoms with van der Waals surface area (Å²) in [6, 6.07) is 10.2. The first-order valence-corrected chi connectivity index (χ1v) is 10.1. The van der Waals surface area contributed by atoms with Crippen molar-refractivity contribution in [3.8, 4) is 0 Å². The minimum absolute atomic E-state index is 0.000452. The lowest BCUT2D eigenvalue weighted by Crippen LogP contribution is -2.70. The summed E-state index contributed by atoms with van der Waals surface area (Å²) in [6.07, 6.45) is 3.68. The molecule has 27 heavy (non-hydrogen) atoms. The normalized spacial score (nSPS) is 36.4. The number of hydrogen-bond acceptors (Lipinski definition) is 5. The Bertz CT molecular complexity index is 704. The van der Waals surface area contributed by atoms with Gasteiger partial charge in [0.1, 0.15) is 19.2 Å². The van der Waals surface area contributed by atoms with E-state index < -0.39 is 6.69 Å². The van der Waals surface area contributed by atoms with Crippen LogP contribution in [0.2, 0.25) is 5.82 Å². The molecule has 1 aliphatic carbocycles. The summed E-state index contributed by atoms with van der Waals surface area (Å²) < 4.78 is 18.3. The Kier molecular flexibility index (Phi) is 4.76. The molecule has 2 heterocycles. The number of quaternary nitrogens is 1. The molecule has 2 aliphatic heterocycles. The standard InChI is InChI=1S/C20H28BNO5/c1-3-15(2)21-22(12-19(23)26-21,13-20(24)27-21)17-10-7-11-18(17)25-14-16-8-5-4-6-9-16/h4-6,8-9,15,17-18H,3,7,10-14H2,1-2H3/t15-,17?,18-,21?,22?/m0/s1. The van der Waals surface area contributed by atoms with Crippen LogP contribution in [0.1, 0.15) is 45.1 Å². The fraction of sp³-hybridized carbons (Fsp3) is 0.600. The van der Waals surface area contributed by atoms with Crippen molar-refractivity contribution in [2.75, 3.05) is 13.1 Å². The van der Waals surface area contributed by atoms with Gasteiger partial charge >= 0.3 is 18.6 Å². The zero-order valence-electron chi connectivity index (χ0n) is 16.1. The van der Waals surface area contributed by atoms with E-state index in [2.05, 4.69) is 12.1 Å². The van der Waals surface area contributed by atoms with Gasteiger partial charge in [0.15, 0.2) is 0 Å². The highest BCUT2D eigenvalue weighted by Gasteiger charge is 2.72. The molecule has 0 N–H and O–H groups in total. The van der Waals surface area contributed by atoms with Crippen LogP contribution < -0.4 is 0 Å². The summed E-state index contributed by atoms with van der Waals surface area (Å²) in [7, 11) is 0. The maximum Gasteiger partial charge on any atom is 0.587 e. The van der Waals surface area contributed by atoms with Crippen LogP contribution in [0.4, 0.5) is 0 Å². The van der Waals surface area contributed by atoms with Crippen molar-refractivity contribution in [1.82, 2.24) is 0 Å². The molecule has 3 aliphatic rings. The Morgan fingerprint density at radius 1 is 1.15 bits per heavy atom. The van der Waals surface area contributed by atoms with E-state index >= 15 is 0 Å². The van der Waals surface area contributed by atoms with E-state index in [0.29, 0.717) is 11.0 Å². The summed E-state index contributed by atoms with van der Waals surface area (Å²) in [5.41, 5.74) is 1.13. The summed E-state index contributed by atoms with van der Waals surface area (Å²) in [4.78, 5) is 24.8. The second-order valence-corrected chi connectivity index (χ2v) is 8.35. The molecule has 0 aromatic heterocycles. The molecule has 6 nitrogen and oxygen atoms in total. The van der Waals surface area contributed by atoms with Gasteiger partial charge in [0.05, 0.1) is 12.6 Å². The zero-order chi connectivity index (χ0) is 19.1. The number of rotatable bonds is 6. The molecular weight excluding hydrogens is 345 g/mol. The number of fused-ring (bicyclic) bond motifs is 1. The first-order valence-electron chi connectivity index (χ1n) is 10.1. The number of carbonyl (C=O) groups is 2. The molecule has 1 aromatic carbocycles. The molecular formula is C20H28BNO5. The summed E-state index contributed by atoms with van der Waals surface area (Å²) >= 11 is 0. The van der Waals surface area contributed by atoms with Crippen molar-refractivity contribution >= 4 is 18.6 Å². The van der Waals surface area contributed by atoms with Crippen molar-refractivity contribution in [2.24, 2.45) is 0 Å². The van der Waals surface area contributed by atoms with E-state index in [-0.39, 0.29) is 43.0 Å². The average molecular weight is 373 g/mol. The lowest BCUT2D eigenvalue weighted by atomic mass is 9.54. The zero-order valence-corrected chi connectivity index (χ0v) is 16.1. The van der Waals surface area contributed by atoms with Gasteiger partial charge < -0.3 is 18.4 Å². The van der Waals surface area contributed by atoms with E-state index in [1.165, 1.54) is 0 Å². The smallest absolute Gasteiger partial charge is 0.587 e. The van der Waals surface area contributed by atoms with Crippen LogP contribution in [0.3, 0.4) is 0 Å². The predicted molar refractivity (Wildman–Crippen MR) is 100 cm³/mol. The molecule has 0 spiro atoms. The Labute approximate surface area is 160 Å². The van der Waals surface area contributed by atoms with Gasteiger partial charge in [-0.3, -0.25) is 9.59 Å². The lowest BCUT2D eigenvalue weighted by molar-refractivity contribution is -0.846. The van der Waals surface area contributed by atoms with E-state index in [4.69, 9.17) is 14.0 Å². The Balaban J connectivity index is 1.62. The summed E-state index contributed by atoms with van der Waals surface area (Å²) in [6.45, 7) is 3.02. The third-order valence-electron chi connectivity index (χ3n) is 6.91. The third kappa shape index (κ3) is 2.88. The van der Waals surface area contributed by atoms with Crippen LogP contribution in [-0.2, 0) is 30.2 Å². The molecule has 3 atom stereocenters. The number of ether oxygens (including phenoxy) is 1. The molecule has 1 aromatic rings. The van der Waals surface area contributed by atoms with Crippen LogP contribution in [-0.4, -0.2) is 48.3 Å². The van der Waals surface area contributed by atoms with E-state index in [9.17, 15) is 9.59 Å². The molecule has 0 bridgehead atoms. The van der Waals surface area contributed by atoms with Crippen molar-refractivity contribution in [2.45, 2.75) is 64.1 Å². The van der Waals surface area contributed by atoms with E-state index in [1.54, 1.807) is 0 Å². The SMILES string of the molecule is CC[C@H](C)[B-]12OC(=O)C[N+]1(C1CCC[C@@H]1OCc1ccccc1)CC(=O)O2. The van der Waals surface area contributed by atoms with Gasteiger partial charge in [-0.15, -0.1) is 0 Å². The second-order valence-electron chi connectivity index (χ2n) is 8.35. The average Bonchev–Trinajstić information content (AvgIpc) is 3.30. The molecule has 4 rings (SSSR count). The second kappa shape index (κ2) is 6.95. The quantitative estimate of drug-likeness (QED) is 0.718. The van der Waals surface area contributed by atoms with Crippen molar-refractivity contribution in [1.29, 1.82) is 0 Å². The Hall–Kier alpha value is -1.86. The number of carbonyl (C=O) groups excluding carboxylic acids is 2. The highest BCUT2D eigenvalue weighted by molar-refractivity contribution is 6.67. The predicted octanol–water partition coefficient (Wildman–Crippen LogP) is 2.79. The fourth-order valence-electron chi connectivity index (χ4n) is 5.48. The van der Waals surface area contributed by atoms with Gasteiger partial charge in [0, 0.05) is 0 Å². The highest BCUT2D eigenvalue weighted by Crippen LogP contribution is 2.49.